The van der Waals surface area contributed by atoms with E-state index in [0.29, 0.717) is 25.7 Å². The number of hydrogen-bond donors (Lipinski definition) is 1. The number of carbonyl (C=O) groups is 2. The third-order valence-corrected chi connectivity index (χ3v) is 6.87. The third-order valence-electron chi connectivity index (χ3n) is 6.87. The molecule has 2 aliphatic rings. The van der Waals surface area contributed by atoms with Crippen molar-refractivity contribution in [3.05, 3.63) is 24.3 Å². The van der Waals surface area contributed by atoms with Crippen LogP contribution in [0.5, 0.6) is 0 Å². The Morgan fingerprint density at radius 2 is 2.04 bits per heavy atom. The number of allylic oxidation sites excluding steroid dienone is 2. The summed E-state index contributed by atoms with van der Waals surface area (Å²) >= 11 is 0. The predicted octanol–water partition coefficient (Wildman–Crippen LogP) is 3.86. The van der Waals surface area contributed by atoms with Crippen LogP contribution in [0.2, 0.25) is 0 Å². The second-order valence-electron chi connectivity index (χ2n) is 8.40. The van der Waals surface area contributed by atoms with E-state index in [9.17, 15) is 14.7 Å². The van der Waals surface area contributed by atoms with Gasteiger partial charge in [0.1, 0.15) is 5.78 Å². The van der Waals surface area contributed by atoms with Gasteiger partial charge in [-0.05, 0) is 49.5 Å². The van der Waals surface area contributed by atoms with Crippen molar-refractivity contribution in [2.75, 3.05) is 0 Å². The molecule has 3 unspecified atom stereocenters. The van der Waals surface area contributed by atoms with Crippen LogP contribution < -0.4 is 0 Å². The smallest absolute Gasteiger partial charge is 0.155 e. The van der Waals surface area contributed by atoms with Gasteiger partial charge in [0.15, 0.2) is 5.78 Å². The number of hydrogen-bond acceptors (Lipinski definition) is 3. The summed E-state index contributed by atoms with van der Waals surface area (Å²) in [5.74, 6) is 0.473. The van der Waals surface area contributed by atoms with Crippen molar-refractivity contribution < 1.29 is 14.7 Å². The molecule has 0 amide bonds. The lowest BCUT2D eigenvalue weighted by Gasteiger charge is -2.57. The molecule has 0 aromatic carbocycles. The van der Waals surface area contributed by atoms with Crippen molar-refractivity contribution in [1.82, 2.24) is 0 Å². The molecule has 0 aliphatic heterocycles. The summed E-state index contributed by atoms with van der Waals surface area (Å²) in [4.78, 5) is 24.9. The summed E-state index contributed by atoms with van der Waals surface area (Å²) in [6, 6.07) is 0. The van der Waals surface area contributed by atoms with Crippen molar-refractivity contribution in [2.24, 2.45) is 22.7 Å². The fraction of sp³-hybridized carbons (Fsp3) is 0.700. The van der Waals surface area contributed by atoms with Crippen molar-refractivity contribution in [2.45, 2.75) is 65.9 Å². The molecule has 0 aromatic rings. The SMILES string of the molecule is C=CC(C)(O)CC[C@]1(C)C(C)C(=O)C[C@@]2(C)C(C)=CC(=O)CC12. The van der Waals surface area contributed by atoms with Crippen LogP contribution in [0.15, 0.2) is 24.3 Å². The van der Waals surface area contributed by atoms with Crippen molar-refractivity contribution in [1.29, 1.82) is 0 Å². The van der Waals surface area contributed by atoms with Crippen LogP contribution in [0.3, 0.4) is 0 Å². The summed E-state index contributed by atoms with van der Waals surface area (Å²) in [5.41, 5.74) is -0.446. The average Bonchev–Trinajstić information content (AvgIpc) is 2.47. The molecule has 3 heteroatoms. The van der Waals surface area contributed by atoms with E-state index in [1.54, 1.807) is 19.1 Å². The lowest BCUT2D eigenvalue weighted by molar-refractivity contribution is -0.146. The summed E-state index contributed by atoms with van der Waals surface area (Å²) < 4.78 is 0. The van der Waals surface area contributed by atoms with Gasteiger partial charge in [-0.3, -0.25) is 9.59 Å². The Morgan fingerprint density at radius 3 is 2.61 bits per heavy atom. The Kier molecular flexibility index (Phi) is 4.49. The van der Waals surface area contributed by atoms with E-state index in [4.69, 9.17) is 0 Å². The van der Waals surface area contributed by atoms with Crippen LogP contribution in [0.4, 0.5) is 0 Å². The van der Waals surface area contributed by atoms with Crippen LogP contribution in [0, 0.1) is 22.7 Å². The van der Waals surface area contributed by atoms with Crippen molar-refractivity contribution in [3.8, 4) is 0 Å². The van der Waals surface area contributed by atoms with E-state index in [1.165, 1.54) is 0 Å². The Hall–Kier alpha value is -1.22. The molecule has 23 heavy (non-hydrogen) atoms. The van der Waals surface area contributed by atoms with E-state index < -0.39 is 5.60 Å². The number of fused-ring (bicyclic) bond motifs is 1. The third kappa shape index (κ3) is 2.96. The molecule has 0 bridgehead atoms. The van der Waals surface area contributed by atoms with Crippen molar-refractivity contribution in [3.63, 3.8) is 0 Å². The normalized spacial score (nSPS) is 40.2. The van der Waals surface area contributed by atoms with Crippen LogP contribution >= 0.6 is 0 Å². The van der Waals surface area contributed by atoms with Gasteiger partial charge in [-0.2, -0.15) is 0 Å². The molecule has 0 saturated heterocycles. The lowest BCUT2D eigenvalue weighted by atomic mass is 9.46. The maximum atomic E-state index is 12.7. The molecule has 3 nitrogen and oxygen atoms in total. The Balaban J connectivity index is 2.43. The fourth-order valence-corrected chi connectivity index (χ4v) is 4.59. The lowest BCUT2D eigenvalue weighted by Crippen LogP contribution is -2.54. The van der Waals surface area contributed by atoms with Crippen LogP contribution in [-0.4, -0.2) is 22.3 Å². The van der Waals surface area contributed by atoms with E-state index in [1.807, 2.05) is 13.8 Å². The van der Waals surface area contributed by atoms with Gasteiger partial charge in [0, 0.05) is 18.8 Å². The molecule has 128 valence electrons. The van der Waals surface area contributed by atoms with E-state index >= 15 is 0 Å². The topological polar surface area (TPSA) is 54.4 Å². The zero-order valence-corrected chi connectivity index (χ0v) is 15.1. The minimum absolute atomic E-state index is 0.0973. The number of aliphatic hydroxyl groups is 1. The second kappa shape index (κ2) is 5.70. The molecule has 5 atom stereocenters. The van der Waals surface area contributed by atoms with E-state index in [-0.39, 0.29) is 34.2 Å². The Bertz CT molecular complexity index is 571. The van der Waals surface area contributed by atoms with Crippen LogP contribution in [-0.2, 0) is 9.59 Å². The molecule has 0 radical (unpaired) electrons. The molecule has 0 spiro atoms. The van der Waals surface area contributed by atoms with Crippen molar-refractivity contribution >= 4 is 11.6 Å². The number of carbonyl (C=O) groups excluding carboxylic acids is 2. The minimum Gasteiger partial charge on any atom is -0.386 e. The summed E-state index contributed by atoms with van der Waals surface area (Å²) in [6.07, 6.45) is 5.55. The standard InChI is InChI=1S/C20H30O3/c1-7-18(4,23)8-9-19(5)14(3)16(22)12-20(6)13(2)10-15(21)11-17(19)20/h7,10,14,17,23H,1,8-9,11-12H2,2-6H3/t14?,17?,18?,19-,20+/m1/s1. The molecule has 0 heterocycles. The molecule has 2 rings (SSSR count). The quantitative estimate of drug-likeness (QED) is 0.801. The molecular formula is C20H30O3. The van der Waals surface area contributed by atoms with Gasteiger partial charge in [-0.25, -0.2) is 0 Å². The minimum atomic E-state index is -0.941. The van der Waals surface area contributed by atoms with Gasteiger partial charge in [-0.1, -0.05) is 32.4 Å². The molecule has 0 aromatic heterocycles. The highest BCUT2D eigenvalue weighted by Gasteiger charge is 2.57. The monoisotopic (exact) mass is 318 g/mol. The number of Topliss-reactive ketones (excluding diaryl/α,β-unsaturated/α-hetero) is 1. The van der Waals surface area contributed by atoms with Crippen LogP contribution in [0.25, 0.3) is 0 Å². The maximum absolute atomic E-state index is 12.7. The van der Waals surface area contributed by atoms with E-state index in [0.717, 1.165) is 5.57 Å². The fourth-order valence-electron chi connectivity index (χ4n) is 4.59. The summed E-state index contributed by atoms with van der Waals surface area (Å²) in [5, 5.41) is 10.3. The Morgan fingerprint density at radius 1 is 1.43 bits per heavy atom. The summed E-state index contributed by atoms with van der Waals surface area (Å²) in [7, 11) is 0. The molecule has 1 saturated carbocycles. The Labute approximate surface area is 139 Å². The van der Waals surface area contributed by atoms with Gasteiger partial charge in [-0.15, -0.1) is 6.58 Å². The highest BCUT2D eigenvalue weighted by Crippen LogP contribution is 2.60. The first-order valence-corrected chi connectivity index (χ1v) is 8.56. The molecular weight excluding hydrogens is 288 g/mol. The first-order chi connectivity index (χ1) is 10.5. The number of ketones is 2. The molecule has 1 fully saturated rings. The van der Waals surface area contributed by atoms with E-state index in [2.05, 4.69) is 20.4 Å². The highest BCUT2D eigenvalue weighted by molar-refractivity contribution is 5.93. The first kappa shape index (κ1) is 18.1. The molecule has 2 aliphatic carbocycles. The maximum Gasteiger partial charge on any atom is 0.155 e. The largest absolute Gasteiger partial charge is 0.386 e. The highest BCUT2D eigenvalue weighted by atomic mass is 16.3. The molecule has 1 N–H and O–H groups in total. The van der Waals surface area contributed by atoms with Gasteiger partial charge in [0.05, 0.1) is 5.60 Å². The second-order valence-corrected chi connectivity index (χ2v) is 8.40. The first-order valence-electron chi connectivity index (χ1n) is 8.56. The zero-order chi connectivity index (χ0) is 17.6. The van der Waals surface area contributed by atoms with Gasteiger partial charge >= 0.3 is 0 Å². The summed E-state index contributed by atoms with van der Waals surface area (Å²) in [6.45, 7) is 13.7. The van der Waals surface area contributed by atoms with Crippen LogP contribution in [0.1, 0.15) is 60.3 Å². The van der Waals surface area contributed by atoms with Gasteiger partial charge in [0.25, 0.3) is 0 Å². The predicted molar refractivity (Wildman–Crippen MR) is 91.9 cm³/mol. The van der Waals surface area contributed by atoms with Gasteiger partial charge < -0.3 is 5.11 Å². The van der Waals surface area contributed by atoms with Gasteiger partial charge in [0.2, 0.25) is 0 Å². The zero-order valence-electron chi connectivity index (χ0n) is 15.1. The number of rotatable bonds is 4. The average molecular weight is 318 g/mol.